The Labute approximate surface area is 397 Å². The number of aryl methyl sites for hydroxylation is 1. The molecule has 8 rings (SSSR count). The number of hydrogen-bond donors (Lipinski definition) is 4. The normalized spacial score (nSPS) is 18.5. The average Bonchev–Trinajstić information content (AvgIpc) is 3.35. The molecule has 0 unspecified atom stereocenters. The van der Waals surface area contributed by atoms with Crippen molar-refractivity contribution in [1.82, 2.24) is 16.0 Å². The summed E-state index contributed by atoms with van der Waals surface area (Å²) < 4.78 is 38.2. The summed E-state index contributed by atoms with van der Waals surface area (Å²) in [5.41, 5.74) is 7.11. The summed E-state index contributed by atoms with van der Waals surface area (Å²) in [6.07, 6.45) is 0.357. The summed E-state index contributed by atoms with van der Waals surface area (Å²) in [5, 5.41) is 8.48. The van der Waals surface area contributed by atoms with Gasteiger partial charge < -0.3 is 20.7 Å². The number of ketones is 2. The van der Waals surface area contributed by atoms with Gasteiger partial charge in [-0.25, -0.2) is 0 Å². The molecule has 2 bridgehead atoms. The minimum absolute atomic E-state index is 0.0502. The molecule has 4 atom stereocenters. The zero-order valence-electron chi connectivity index (χ0n) is 37.6. The third kappa shape index (κ3) is 14.6. The Balaban J connectivity index is 1.22. The predicted molar refractivity (Wildman–Crippen MR) is 261 cm³/mol. The van der Waals surface area contributed by atoms with Gasteiger partial charge in [-0.1, -0.05) is 152 Å². The van der Waals surface area contributed by atoms with E-state index in [1.807, 2.05) is 140 Å². The molecule has 4 N–H and O–H groups in total. The van der Waals surface area contributed by atoms with Crippen molar-refractivity contribution >= 4 is 39.4 Å². The molecule has 13 heteroatoms. The first-order valence-electron chi connectivity index (χ1n) is 22.8. The maximum absolute atomic E-state index is 14.8. The first kappa shape index (κ1) is 48.7. The van der Waals surface area contributed by atoms with E-state index in [1.165, 1.54) is 0 Å². The SMILES string of the molecule is O=C1COc2ccc(cc2)C[C@@H](C(=O)NCCS(=O)(=O)O)CC(=O)[C@H](CCc2ccccc2)NC(=O)[C@@H](Cc2ccc(-c3ccccc3)cc2)NC(=O)[C@H](Cc2ccc(-c3ccccc3)cc2)C1. The Morgan fingerprint density at radius 1 is 0.588 bits per heavy atom. The lowest BCUT2D eigenvalue weighted by molar-refractivity contribution is -0.135. The number of fused-ring (bicyclic) bond motifs is 16. The fourth-order valence-corrected chi connectivity index (χ4v) is 8.70. The molecule has 2 aliphatic heterocycles. The molecule has 6 aromatic rings. The number of carbonyl (C=O) groups is 5. The van der Waals surface area contributed by atoms with Crippen LogP contribution in [-0.2, 0) is 59.8 Å². The molecule has 0 radical (unpaired) electrons. The zero-order valence-corrected chi connectivity index (χ0v) is 38.4. The fraction of sp³-hybridized carbons (Fsp3) is 0.255. The van der Waals surface area contributed by atoms with E-state index in [2.05, 4.69) is 16.0 Å². The number of benzene rings is 6. The van der Waals surface area contributed by atoms with Gasteiger partial charge in [0.25, 0.3) is 10.1 Å². The number of nitrogens with one attached hydrogen (secondary N) is 3. The summed E-state index contributed by atoms with van der Waals surface area (Å²) in [6, 6.07) is 49.0. The van der Waals surface area contributed by atoms with Crippen LogP contribution in [0, 0.1) is 11.8 Å². The van der Waals surface area contributed by atoms with Crippen LogP contribution < -0.4 is 20.7 Å². The van der Waals surface area contributed by atoms with Gasteiger partial charge in [-0.3, -0.25) is 28.5 Å². The van der Waals surface area contributed by atoms with E-state index < -0.39 is 63.3 Å². The molecule has 0 fully saturated rings. The first-order chi connectivity index (χ1) is 32.8. The topological polar surface area (TPSA) is 185 Å². The van der Waals surface area contributed by atoms with Gasteiger partial charge in [-0.05, 0) is 82.3 Å². The third-order valence-corrected chi connectivity index (χ3v) is 12.8. The maximum Gasteiger partial charge on any atom is 0.266 e. The van der Waals surface area contributed by atoms with Crippen LogP contribution in [0.1, 0.15) is 41.5 Å². The van der Waals surface area contributed by atoms with Gasteiger partial charge in [-0.2, -0.15) is 8.42 Å². The number of Topliss-reactive ketones (excluding diaryl/α,β-unsaturated/α-hetero) is 2. The molecule has 68 heavy (non-hydrogen) atoms. The Morgan fingerprint density at radius 2 is 1.12 bits per heavy atom. The molecule has 350 valence electrons. The number of hydrogen-bond acceptors (Lipinski definition) is 8. The second-order valence-corrected chi connectivity index (χ2v) is 18.8. The van der Waals surface area contributed by atoms with Crippen LogP contribution in [0.2, 0.25) is 0 Å². The van der Waals surface area contributed by atoms with E-state index in [9.17, 15) is 36.9 Å². The molecule has 6 aromatic carbocycles. The van der Waals surface area contributed by atoms with E-state index in [-0.39, 0.29) is 57.5 Å². The van der Waals surface area contributed by atoms with E-state index >= 15 is 0 Å². The van der Waals surface area contributed by atoms with Crippen LogP contribution in [-0.4, -0.2) is 73.2 Å². The van der Waals surface area contributed by atoms with Gasteiger partial charge in [0.15, 0.2) is 11.6 Å². The monoisotopic (exact) mass is 933 g/mol. The van der Waals surface area contributed by atoms with Crippen molar-refractivity contribution in [1.29, 1.82) is 0 Å². The highest BCUT2D eigenvalue weighted by Gasteiger charge is 2.33. The number of ether oxygens (including phenoxy) is 1. The highest BCUT2D eigenvalue weighted by atomic mass is 32.2. The van der Waals surface area contributed by atoms with Crippen LogP contribution >= 0.6 is 0 Å². The van der Waals surface area contributed by atoms with Gasteiger partial charge in [0.1, 0.15) is 18.4 Å². The van der Waals surface area contributed by atoms with E-state index in [0.717, 1.165) is 38.9 Å². The Kier molecular flexibility index (Phi) is 16.8. The standard InChI is InChI=1S/C55H55N3O9S/c59-48-35-46(32-39-16-23-44(24-17-39)42-12-6-2-7-13-42)54(62)58-51(34-41-18-25-45(26-19-41)43-14-8-3-9-15-43)55(63)57-50(29-22-38-10-4-1-5-11-38)52(60)36-47(53(61)56-30-31-68(64,65)66)33-40-20-27-49(28-21-40)67-37-48/h1-21,23-28,46-47,50-51H,22,29-37H2,(H,56,61)(H,57,63)(H,58,62)(H,64,65,66)/t46-,47-,50+,51-/m1/s1. The Morgan fingerprint density at radius 3 is 1.69 bits per heavy atom. The fourth-order valence-electron chi connectivity index (χ4n) is 8.34. The van der Waals surface area contributed by atoms with Crippen LogP contribution in [0.3, 0.4) is 0 Å². The van der Waals surface area contributed by atoms with Crippen molar-refractivity contribution in [3.05, 3.63) is 186 Å². The van der Waals surface area contributed by atoms with Crippen LogP contribution in [0.4, 0.5) is 0 Å². The molecule has 0 saturated carbocycles. The minimum atomic E-state index is -4.38. The van der Waals surface area contributed by atoms with Crippen molar-refractivity contribution in [2.75, 3.05) is 18.9 Å². The van der Waals surface area contributed by atoms with E-state index in [4.69, 9.17) is 4.74 Å². The number of rotatable bonds is 13. The maximum atomic E-state index is 14.8. The summed E-state index contributed by atoms with van der Waals surface area (Å²) in [6.45, 7) is -0.713. The molecular weight excluding hydrogens is 879 g/mol. The number of amides is 3. The second kappa shape index (κ2) is 23.5. The van der Waals surface area contributed by atoms with Crippen molar-refractivity contribution in [3.8, 4) is 28.0 Å². The van der Waals surface area contributed by atoms with Crippen LogP contribution in [0.15, 0.2) is 164 Å². The second-order valence-electron chi connectivity index (χ2n) is 17.2. The van der Waals surface area contributed by atoms with Gasteiger partial charge in [0, 0.05) is 37.6 Å². The van der Waals surface area contributed by atoms with Crippen molar-refractivity contribution < 1.29 is 41.7 Å². The molecule has 0 aliphatic carbocycles. The van der Waals surface area contributed by atoms with E-state index in [1.54, 1.807) is 24.3 Å². The Hall–Kier alpha value is -7.22. The van der Waals surface area contributed by atoms with Crippen molar-refractivity contribution in [3.63, 3.8) is 0 Å². The summed E-state index contributed by atoms with van der Waals surface area (Å²) in [7, 11) is -4.38. The largest absolute Gasteiger partial charge is 0.486 e. The predicted octanol–water partition coefficient (Wildman–Crippen LogP) is 7.20. The smallest absolute Gasteiger partial charge is 0.266 e. The molecule has 12 nitrogen and oxygen atoms in total. The van der Waals surface area contributed by atoms with Crippen LogP contribution in [0.25, 0.3) is 22.3 Å². The lowest BCUT2D eigenvalue weighted by Gasteiger charge is -2.26. The lowest BCUT2D eigenvalue weighted by Crippen LogP contribution is -2.54. The third-order valence-electron chi connectivity index (χ3n) is 12.1. The summed E-state index contributed by atoms with van der Waals surface area (Å²) in [5.74, 6) is -4.79. The molecule has 2 aliphatic rings. The minimum Gasteiger partial charge on any atom is -0.486 e. The summed E-state index contributed by atoms with van der Waals surface area (Å²) in [4.78, 5) is 71.4. The summed E-state index contributed by atoms with van der Waals surface area (Å²) >= 11 is 0. The quantitative estimate of drug-likeness (QED) is 0.0870. The van der Waals surface area contributed by atoms with Gasteiger partial charge in [0.05, 0.1) is 11.8 Å². The molecule has 0 aromatic heterocycles. The molecule has 2 heterocycles. The van der Waals surface area contributed by atoms with Gasteiger partial charge in [0.2, 0.25) is 17.7 Å². The first-order valence-corrected chi connectivity index (χ1v) is 24.4. The number of carbonyl (C=O) groups excluding carboxylic acids is 5. The van der Waals surface area contributed by atoms with Crippen molar-refractivity contribution in [2.24, 2.45) is 11.8 Å². The highest BCUT2D eigenvalue weighted by Crippen LogP contribution is 2.25. The molecular formula is C55H55N3O9S. The Bertz CT molecular complexity index is 2750. The van der Waals surface area contributed by atoms with Gasteiger partial charge >= 0.3 is 0 Å². The average molecular weight is 934 g/mol. The molecule has 0 spiro atoms. The molecule has 3 amide bonds. The highest BCUT2D eigenvalue weighted by molar-refractivity contribution is 7.85. The zero-order chi connectivity index (χ0) is 47.9. The molecule has 0 saturated heterocycles. The van der Waals surface area contributed by atoms with Gasteiger partial charge in [-0.15, -0.1) is 0 Å². The van der Waals surface area contributed by atoms with E-state index in [0.29, 0.717) is 17.7 Å². The van der Waals surface area contributed by atoms with Crippen molar-refractivity contribution in [2.45, 2.75) is 57.0 Å². The lowest BCUT2D eigenvalue weighted by atomic mass is 9.89. The van der Waals surface area contributed by atoms with Crippen LogP contribution in [0.5, 0.6) is 5.75 Å².